The first-order valence-electron chi connectivity index (χ1n) is 4.98. The Morgan fingerprint density at radius 2 is 2.17 bits per heavy atom. The monoisotopic (exact) mass is 330 g/mol. The van der Waals surface area contributed by atoms with E-state index < -0.39 is 4.92 Å². The van der Waals surface area contributed by atoms with E-state index in [0.29, 0.717) is 17.3 Å². The molecule has 2 rings (SSSR count). The molecule has 0 bridgehead atoms. The van der Waals surface area contributed by atoms with Crippen molar-refractivity contribution in [1.82, 2.24) is 0 Å². The van der Waals surface area contributed by atoms with Crippen molar-refractivity contribution in [2.75, 3.05) is 5.32 Å². The number of furan rings is 1. The molecule has 1 N–H and O–H groups in total. The van der Waals surface area contributed by atoms with Crippen LogP contribution in [0.15, 0.2) is 39.2 Å². The van der Waals surface area contributed by atoms with Gasteiger partial charge in [-0.05, 0) is 40.2 Å². The van der Waals surface area contributed by atoms with E-state index in [4.69, 9.17) is 16.0 Å². The number of nitro groups is 1. The summed E-state index contributed by atoms with van der Waals surface area (Å²) in [5.41, 5.74) is 0.838. The summed E-state index contributed by atoms with van der Waals surface area (Å²) >= 11 is 9.18. The number of nitrogens with one attached hydrogen (secondary N) is 1. The maximum atomic E-state index is 10.4. The number of hydrogen-bond donors (Lipinski definition) is 1. The lowest BCUT2D eigenvalue weighted by molar-refractivity contribution is -0.402. The van der Waals surface area contributed by atoms with Gasteiger partial charge in [0, 0.05) is 10.2 Å². The Kier molecular flexibility index (Phi) is 3.88. The molecule has 18 heavy (non-hydrogen) atoms. The summed E-state index contributed by atoms with van der Waals surface area (Å²) in [6, 6.07) is 8.27. The Morgan fingerprint density at radius 1 is 1.39 bits per heavy atom. The van der Waals surface area contributed by atoms with Gasteiger partial charge in [-0.2, -0.15) is 0 Å². The first kappa shape index (κ1) is 12.9. The number of halogens is 2. The SMILES string of the molecule is O=[N+]([O-])c1ccc(CNc2ccc(Cl)c(Br)c2)o1. The molecule has 0 aliphatic rings. The second kappa shape index (κ2) is 5.41. The lowest BCUT2D eigenvalue weighted by Crippen LogP contribution is -1.97. The highest BCUT2D eigenvalue weighted by Crippen LogP contribution is 2.26. The Bertz CT molecular complexity index is 585. The molecule has 0 saturated heterocycles. The van der Waals surface area contributed by atoms with Crippen molar-refractivity contribution in [3.8, 4) is 0 Å². The predicted molar refractivity (Wildman–Crippen MR) is 71.8 cm³/mol. The van der Waals surface area contributed by atoms with Crippen molar-refractivity contribution in [3.05, 3.63) is 55.7 Å². The second-order valence-electron chi connectivity index (χ2n) is 3.48. The van der Waals surface area contributed by atoms with Crippen molar-refractivity contribution in [3.63, 3.8) is 0 Å². The van der Waals surface area contributed by atoms with Gasteiger partial charge in [0.15, 0.2) is 0 Å². The van der Waals surface area contributed by atoms with Crippen LogP contribution in [-0.2, 0) is 6.54 Å². The molecule has 0 saturated carbocycles. The zero-order valence-electron chi connectivity index (χ0n) is 9.02. The summed E-state index contributed by atoms with van der Waals surface area (Å²) in [4.78, 5) is 9.87. The number of nitrogens with zero attached hydrogens (tertiary/aromatic N) is 1. The third-order valence-electron chi connectivity index (χ3n) is 2.21. The summed E-state index contributed by atoms with van der Waals surface area (Å²) in [6.07, 6.45) is 0. The molecule has 0 spiro atoms. The van der Waals surface area contributed by atoms with Crippen molar-refractivity contribution >= 4 is 39.1 Å². The minimum absolute atomic E-state index is 0.260. The van der Waals surface area contributed by atoms with Crippen molar-refractivity contribution in [1.29, 1.82) is 0 Å². The van der Waals surface area contributed by atoms with E-state index in [0.717, 1.165) is 10.2 Å². The van der Waals surface area contributed by atoms with Gasteiger partial charge in [0.1, 0.15) is 10.7 Å². The Hall–Kier alpha value is -1.53. The molecule has 1 aromatic heterocycles. The molecule has 0 aliphatic carbocycles. The Labute approximate surface area is 116 Å². The highest BCUT2D eigenvalue weighted by molar-refractivity contribution is 9.10. The largest absolute Gasteiger partial charge is 0.433 e. The van der Waals surface area contributed by atoms with E-state index in [1.54, 1.807) is 12.1 Å². The molecular weight excluding hydrogens is 323 g/mol. The minimum Gasteiger partial charge on any atom is -0.404 e. The van der Waals surface area contributed by atoms with E-state index in [1.807, 2.05) is 12.1 Å². The fourth-order valence-corrected chi connectivity index (χ4v) is 1.85. The summed E-state index contributed by atoms with van der Waals surface area (Å²) in [7, 11) is 0. The smallest absolute Gasteiger partial charge is 0.404 e. The molecule has 7 heteroatoms. The van der Waals surface area contributed by atoms with Gasteiger partial charge in [-0.15, -0.1) is 0 Å². The van der Waals surface area contributed by atoms with Crippen LogP contribution in [0.1, 0.15) is 5.76 Å². The van der Waals surface area contributed by atoms with E-state index in [1.165, 1.54) is 6.07 Å². The molecule has 1 aromatic carbocycles. The van der Waals surface area contributed by atoms with Crippen molar-refractivity contribution in [2.45, 2.75) is 6.54 Å². The standard InChI is InChI=1S/C11H8BrClN2O3/c12-9-5-7(1-3-10(9)13)14-6-8-2-4-11(18-8)15(16)17/h1-5,14H,6H2. The summed E-state index contributed by atoms with van der Waals surface area (Å²) in [5.74, 6) is 0.233. The summed E-state index contributed by atoms with van der Waals surface area (Å²) < 4.78 is 5.80. The maximum absolute atomic E-state index is 10.4. The van der Waals surface area contributed by atoms with Crippen LogP contribution in [0.4, 0.5) is 11.6 Å². The van der Waals surface area contributed by atoms with E-state index in [2.05, 4.69) is 21.2 Å². The van der Waals surface area contributed by atoms with Crippen molar-refractivity contribution in [2.24, 2.45) is 0 Å². The average Bonchev–Trinajstić information content (AvgIpc) is 2.79. The zero-order chi connectivity index (χ0) is 13.1. The quantitative estimate of drug-likeness (QED) is 0.673. The number of benzene rings is 1. The molecule has 0 unspecified atom stereocenters. The lowest BCUT2D eigenvalue weighted by atomic mass is 10.3. The molecule has 0 atom stereocenters. The van der Waals surface area contributed by atoms with Crippen molar-refractivity contribution < 1.29 is 9.34 Å². The topological polar surface area (TPSA) is 68.3 Å². The number of anilines is 1. The fourth-order valence-electron chi connectivity index (χ4n) is 1.35. The molecule has 2 aromatic rings. The fraction of sp³-hybridized carbons (Fsp3) is 0.0909. The van der Waals surface area contributed by atoms with Gasteiger partial charge < -0.3 is 9.73 Å². The van der Waals surface area contributed by atoms with Gasteiger partial charge in [0.25, 0.3) is 0 Å². The second-order valence-corrected chi connectivity index (χ2v) is 4.74. The van der Waals surface area contributed by atoms with Crippen LogP contribution in [0.5, 0.6) is 0 Å². The summed E-state index contributed by atoms with van der Waals surface area (Å²) in [5, 5.41) is 14.1. The van der Waals surface area contributed by atoms with Crippen LogP contribution >= 0.6 is 27.5 Å². The number of rotatable bonds is 4. The highest BCUT2D eigenvalue weighted by Gasteiger charge is 2.11. The van der Waals surface area contributed by atoms with Crippen LogP contribution in [0, 0.1) is 10.1 Å². The first-order chi connectivity index (χ1) is 8.56. The first-order valence-corrected chi connectivity index (χ1v) is 6.15. The van der Waals surface area contributed by atoms with Gasteiger partial charge >= 0.3 is 5.88 Å². The molecular formula is C11H8BrClN2O3. The average molecular weight is 332 g/mol. The summed E-state index contributed by atoms with van der Waals surface area (Å²) in [6.45, 7) is 0.363. The molecule has 5 nitrogen and oxygen atoms in total. The van der Waals surface area contributed by atoms with Crippen LogP contribution in [-0.4, -0.2) is 4.92 Å². The van der Waals surface area contributed by atoms with E-state index in [-0.39, 0.29) is 5.88 Å². The van der Waals surface area contributed by atoms with Crippen LogP contribution in [0.3, 0.4) is 0 Å². The Morgan fingerprint density at radius 3 is 2.78 bits per heavy atom. The van der Waals surface area contributed by atoms with Gasteiger partial charge in [-0.1, -0.05) is 11.6 Å². The third-order valence-corrected chi connectivity index (χ3v) is 3.43. The predicted octanol–water partition coefficient (Wildman–Crippen LogP) is 4.22. The van der Waals surface area contributed by atoms with Crippen LogP contribution in [0.25, 0.3) is 0 Å². The van der Waals surface area contributed by atoms with Gasteiger partial charge in [0.05, 0.1) is 17.6 Å². The molecule has 0 fully saturated rings. The zero-order valence-corrected chi connectivity index (χ0v) is 11.4. The molecule has 94 valence electrons. The molecule has 1 heterocycles. The molecule has 0 aliphatic heterocycles. The number of hydrogen-bond acceptors (Lipinski definition) is 4. The Balaban J connectivity index is 2.02. The highest BCUT2D eigenvalue weighted by atomic mass is 79.9. The van der Waals surface area contributed by atoms with Gasteiger partial charge in [-0.25, -0.2) is 0 Å². The maximum Gasteiger partial charge on any atom is 0.433 e. The van der Waals surface area contributed by atoms with Gasteiger partial charge in [-0.3, -0.25) is 10.1 Å². The van der Waals surface area contributed by atoms with E-state index in [9.17, 15) is 10.1 Å². The molecule has 0 amide bonds. The third kappa shape index (κ3) is 3.02. The lowest BCUT2D eigenvalue weighted by Gasteiger charge is -2.05. The normalized spacial score (nSPS) is 10.3. The van der Waals surface area contributed by atoms with Crippen LogP contribution < -0.4 is 5.32 Å². The van der Waals surface area contributed by atoms with E-state index >= 15 is 0 Å². The van der Waals surface area contributed by atoms with Gasteiger partial charge in [0.2, 0.25) is 0 Å². The minimum atomic E-state index is -0.567. The van der Waals surface area contributed by atoms with Crippen LogP contribution in [0.2, 0.25) is 5.02 Å². The molecule has 0 radical (unpaired) electrons.